The predicted octanol–water partition coefficient (Wildman–Crippen LogP) is 2.05. The second-order valence-electron chi connectivity index (χ2n) is 5.02. The molecule has 0 unspecified atom stereocenters. The van der Waals surface area contributed by atoms with Crippen molar-refractivity contribution >= 4 is 0 Å². The van der Waals surface area contributed by atoms with Crippen LogP contribution in [0.1, 0.15) is 33.4 Å². The Hall–Kier alpha value is -1.29. The van der Waals surface area contributed by atoms with Crippen LogP contribution in [0.2, 0.25) is 0 Å². The number of aromatic hydroxyl groups is 1. The number of hydrogen-bond donors (Lipinski definition) is 1. The van der Waals surface area contributed by atoms with Crippen molar-refractivity contribution in [2.75, 3.05) is 13.1 Å². The lowest BCUT2D eigenvalue weighted by atomic mass is 10.2. The minimum Gasteiger partial charge on any atom is -0.503 e. The molecule has 4 nitrogen and oxygen atoms in total. The van der Waals surface area contributed by atoms with Crippen molar-refractivity contribution in [1.29, 1.82) is 0 Å². The standard InChI is InChI=1S/C14H24N2O2/c1-5-15(6-2)9-12-7-13(17)14(18)10-16(12)8-11(3)4/h7,10-11,18H,5-6,8-9H2,1-4H3. The van der Waals surface area contributed by atoms with Gasteiger partial charge in [-0.2, -0.15) is 0 Å². The van der Waals surface area contributed by atoms with E-state index in [1.54, 1.807) is 12.3 Å². The lowest BCUT2D eigenvalue weighted by Crippen LogP contribution is -2.26. The van der Waals surface area contributed by atoms with Gasteiger partial charge in [0.2, 0.25) is 5.43 Å². The summed E-state index contributed by atoms with van der Waals surface area (Å²) >= 11 is 0. The zero-order chi connectivity index (χ0) is 13.7. The summed E-state index contributed by atoms with van der Waals surface area (Å²) in [7, 11) is 0. The van der Waals surface area contributed by atoms with E-state index in [0.29, 0.717) is 5.92 Å². The number of aromatic nitrogens is 1. The van der Waals surface area contributed by atoms with Gasteiger partial charge in [-0.15, -0.1) is 0 Å². The molecule has 0 aliphatic rings. The first-order chi connectivity index (χ1) is 8.47. The normalized spacial score (nSPS) is 11.4. The highest BCUT2D eigenvalue weighted by atomic mass is 16.3. The Bertz CT molecular complexity index is 434. The molecule has 0 spiro atoms. The van der Waals surface area contributed by atoms with Gasteiger partial charge in [-0.05, 0) is 19.0 Å². The molecular weight excluding hydrogens is 228 g/mol. The molecule has 1 heterocycles. The quantitative estimate of drug-likeness (QED) is 0.843. The van der Waals surface area contributed by atoms with Crippen molar-refractivity contribution in [2.24, 2.45) is 5.92 Å². The van der Waals surface area contributed by atoms with Crippen LogP contribution in [0.3, 0.4) is 0 Å². The van der Waals surface area contributed by atoms with Crippen LogP contribution in [0, 0.1) is 5.92 Å². The van der Waals surface area contributed by atoms with Crippen molar-refractivity contribution in [3.8, 4) is 5.75 Å². The lowest BCUT2D eigenvalue weighted by Gasteiger charge is -2.22. The van der Waals surface area contributed by atoms with E-state index in [1.165, 1.54) is 0 Å². The van der Waals surface area contributed by atoms with E-state index >= 15 is 0 Å². The average molecular weight is 252 g/mol. The zero-order valence-electron chi connectivity index (χ0n) is 11.8. The van der Waals surface area contributed by atoms with Gasteiger partial charge in [0, 0.05) is 24.8 Å². The van der Waals surface area contributed by atoms with Crippen LogP contribution in [0.25, 0.3) is 0 Å². The fourth-order valence-electron chi connectivity index (χ4n) is 1.98. The number of pyridine rings is 1. The number of rotatable bonds is 6. The summed E-state index contributed by atoms with van der Waals surface area (Å²) < 4.78 is 1.99. The largest absolute Gasteiger partial charge is 0.503 e. The van der Waals surface area contributed by atoms with Crippen LogP contribution in [0.5, 0.6) is 5.75 Å². The highest BCUT2D eigenvalue weighted by Crippen LogP contribution is 2.11. The van der Waals surface area contributed by atoms with E-state index in [2.05, 4.69) is 32.6 Å². The molecule has 1 aromatic rings. The SMILES string of the molecule is CCN(CC)Cc1cc(=O)c(O)cn1CC(C)C. The molecule has 102 valence electrons. The fraction of sp³-hybridized carbons (Fsp3) is 0.643. The van der Waals surface area contributed by atoms with Gasteiger partial charge in [-0.25, -0.2) is 0 Å². The molecule has 4 heteroatoms. The van der Waals surface area contributed by atoms with Gasteiger partial charge in [0.15, 0.2) is 5.75 Å². The first-order valence-corrected chi connectivity index (χ1v) is 6.62. The fourth-order valence-corrected chi connectivity index (χ4v) is 1.98. The minimum atomic E-state index is -0.294. The Morgan fingerprint density at radius 2 is 1.94 bits per heavy atom. The van der Waals surface area contributed by atoms with Crippen molar-refractivity contribution in [3.63, 3.8) is 0 Å². The van der Waals surface area contributed by atoms with E-state index in [1.807, 2.05) is 4.57 Å². The molecule has 1 N–H and O–H groups in total. The molecular formula is C14H24N2O2. The summed E-state index contributed by atoms with van der Waals surface area (Å²) in [6.07, 6.45) is 1.56. The molecule has 0 aromatic carbocycles. The molecule has 18 heavy (non-hydrogen) atoms. The highest BCUT2D eigenvalue weighted by Gasteiger charge is 2.10. The molecule has 0 saturated carbocycles. The van der Waals surface area contributed by atoms with Gasteiger partial charge >= 0.3 is 0 Å². The van der Waals surface area contributed by atoms with Gasteiger partial charge < -0.3 is 9.67 Å². The molecule has 0 radical (unpaired) electrons. The second kappa shape index (κ2) is 6.59. The van der Waals surface area contributed by atoms with Crippen LogP contribution in [-0.2, 0) is 13.1 Å². The Morgan fingerprint density at radius 1 is 1.33 bits per heavy atom. The molecule has 1 rings (SSSR count). The van der Waals surface area contributed by atoms with Crippen molar-refractivity contribution in [2.45, 2.75) is 40.8 Å². The topological polar surface area (TPSA) is 45.5 Å². The first-order valence-electron chi connectivity index (χ1n) is 6.62. The monoisotopic (exact) mass is 252 g/mol. The summed E-state index contributed by atoms with van der Waals surface area (Å²) in [5.74, 6) is 0.307. The predicted molar refractivity (Wildman–Crippen MR) is 73.8 cm³/mol. The van der Waals surface area contributed by atoms with Crippen LogP contribution in [0.15, 0.2) is 17.1 Å². The Balaban J connectivity index is 3.06. The van der Waals surface area contributed by atoms with Gasteiger partial charge in [0.1, 0.15) is 0 Å². The lowest BCUT2D eigenvalue weighted by molar-refractivity contribution is 0.283. The van der Waals surface area contributed by atoms with Gasteiger partial charge in [0.25, 0.3) is 0 Å². The average Bonchev–Trinajstić information content (AvgIpc) is 2.31. The van der Waals surface area contributed by atoms with Crippen LogP contribution < -0.4 is 5.43 Å². The summed E-state index contributed by atoms with van der Waals surface area (Å²) in [4.78, 5) is 13.8. The minimum absolute atomic E-state index is 0.168. The third-order valence-corrected chi connectivity index (χ3v) is 3.04. The molecule has 0 saturated heterocycles. The molecule has 0 amide bonds. The van der Waals surface area contributed by atoms with Gasteiger partial charge in [-0.1, -0.05) is 27.7 Å². The van der Waals surface area contributed by atoms with E-state index in [9.17, 15) is 9.90 Å². The van der Waals surface area contributed by atoms with Gasteiger partial charge in [0.05, 0.1) is 6.20 Å². The van der Waals surface area contributed by atoms with Crippen LogP contribution in [-0.4, -0.2) is 27.7 Å². The Labute approximate surface area is 109 Å². The first kappa shape index (κ1) is 14.8. The molecule has 0 aliphatic heterocycles. The van der Waals surface area contributed by atoms with E-state index < -0.39 is 0 Å². The molecule has 0 aliphatic carbocycles. The number of hydrogen-bond acceptors (Lipinski definition) is 3. The van der Waals surface area contributed by atoms with Crippen LogP contribution in [0.4, 0.5) is 0 Å². The smallest absolute Gasteiger partial charge is 0.223 e. The van der Waals surface area contributed by atoms with Crippen molar-refractivity contribution < 1.29 is 5.11 Å². The third kappa shape index (κ3) is 3.88. The molecule has 0 bridgehead atoms. The molecule has 0 atom stereocenters. The maximum absolute atomic E-state index is 11.6. The zero-order valence-corrected chi connectivity index (χ0v) is 11.8. The van der Waals surface area contributed by atoms with E-state index in [-0.39, 0.29) is 11.2 Å². The highest BCUT2D eigenvalue weighted by molar-refractivity contribution is 5.20. The third-order valence-electron chi connectivity index (χ3n) is 3.04. The summed E-state index contributed by atoms with van der Waals surface area (Å²) in [5.41, 5.74) is 0.673. The Kier molecular flexibility index (Phi) is 5.41. The van der Waals surface area contributed by atoms with E-state index in [0.717, 1.165) is 31.9 Å². The van der Waals surface area contributed by atoms with Crippen molar-refractivity contribution in [3.05, 3.63) is 28.2 Å². The summed E-state index contributed by atoms with van der Waals surface area (Å²) in [6, 6.07) is 1.55. The van der Waals surface area contributed by atoms with E-state index in [4.69, 9.17) is 0 Å². The summed E-state index contributed by atoms with van der Waals surface area (Å²) in [6.45, 7) is 11.9. The summed E-state index contributed by atoms with van der Waals surface area (Å²) in [5, 5.41) is 9.54. The molecule has 0 fully saturated rings. The number of nitrogens with zero attached hydrogens (tertiary/aromatic N) is 2. The van der Waals surface area contributed by atoms with Crippen molar-refractivity contribution in [1.82, 2.24) is 9.47 Å². The maximum Gasteiger partial charge on any atom is 0.223 e. The van der Waals surface area contributed by atoms with Crippen LogP contribution >= 0.6 is 0 Å². The van der Waals surface area contributed by atoms with Gasteiger partial charge in [-0.3, -0.25) is 9.69 Å². The molecule has 1 aromatic heterocycles. The second-order valence-corrected chi connectivity index (χ2v) is 5.02. The maximum atomic E-state index is 11.6. The Morgan fingerprint density at radius 3 is 2.44 bits per heavy atom.